The molecule has 5 nitrogen and oxygen atoms in total. The number of rotatable bonds is 1. The highest BCUT2D eigenvalue weighted by Crippen LogP contribution is 2.43. The number of amides is 1. The molecule has 2 bridgehead atoms. The molecule has 1 aromatic rings. The zero-order valence-corrected chi connectivity index (χ0v) is 12.2. The lowest BCUT2D eigenvalue weighted by atomic mass is 10.1. The molecular formula is C15H14ClN3O2. The van der Waals surface area contributed by atoms with Crippen molar-refractivity contribution in [1.29, 1.82) is 0 Å². The van der Waals surface area contributed by atoms with E-state index in [0.29, 0.717) is 22.7 Å². The number of ether oxygens (including phenoxy) is 1. The number of nitrogens with one attached hydrogen (secondary N) is 1. The van der Waals surface area contributed by atoms with Crippen molar-refractivity contribution >= 4 is 29.2 Å². The number of carbonyl (C=O) groups is 1. The molecule has 21 heavy (non-hydrogen) atoms. The van der Waals surface area contributed by atoms with Gasteiger partial charge in [-0.3, -0.25) is 0 Å². The standard InChI is InChI=1S/C15H14ClN3O2/c1-17-15(20)21-10-5-12(16)11-7-19-9-3-2-8(4-9)14(19)18-13(11)6-10/h2-3,5-6,8-9H,4,7H2,1H3,(H,17,20). The monoisotopic (exact) mass is 303 g/mol. The summed E-state index contributed by atoms with van der Waals surface area (Å²) in [7, 11) is 1.52. The van der Waals surface area contributed by atoms with Crippen LogP contribution in [0.4, 0.5) is 10.5 Å². The van der Waals surface area contributed by atoms with E-state index in [2.05, 4.69) is 22.4 Å². The van der Waals surface area contributed by atoms with E-state index in [1.165, 1.54) is 7.05 Å². The first-order chi connectivity index (χ1) is 10.2. The topological polar surface area (TPSA) is 53.9 Å². The van der Waals surface area contributed by atoms with E-state index in [1.807, 2.05) is 0 Å². The van der Waals surface area contributed by atoms with Crippen LogP contribution in [0.25, 0.3) is 0 Å². The molecule has 4 rings (SSSR count). The fourth-order valence-corrected chi connectivity index (χ4v) is 3.46. The van der Waals surface area contributed by atoms with Crippen molar-refractivity contribution in [2.75, 3.05) is 7.05 Å². The summed E-state index contributed by atoms with van der Waals surface area (Å²) in [5, 5.41) is 3.00. The van der Waals surface area contributed by atoms with Crippen LogP contribution in [0, 0.1) is 5.92 Å². The molecule has 1 fully saturated rings. The molecule has 2 aliphatic heterocycles. The van der Waals surface area contributed by atoms with Crippen molar-refractivity contribution < 1.29 is 9.53 Å². The van der Waals surface area contributed by atoms with Gasteiger partial charge < -0.3 is 15.0 Å². The number of benzene rings is 1. The normalized spacial score (nSPS) is 24.5. The second kappa shape index (κ2) is 4.49. The SMILES string of the molecule is CNC(=O)Oc1cc(Cl)c2c(c1)N=C1C3C=CC(C3)N1C2. The number of halogens is 1. The Balaban J connectivity index is 1.73. The van der Waals surface area contributed by atoms with E-state index < -0.39 is 6.09 Å². The number of hydrogen-bond donors (Lipinski definition) is 1. The van der Waals surface area contributed by atoms with Crippen LogP contribution in [0.5, 0.6) is 5.75 Å². The Kier molecular flexibility index (Phi) is 2.72. The Labute approximate surface area is 127 Å². The maximum Gasteiger partial charge on any atom is 0.412 e. The second-order valence-electron chi connectivity index (χ2n) is 5.43. The van der Waals surface area contributed by atoms with Crippen LogP contribution in [-0.2, 0) is 6.54 Å². The van der Waals surface area contributed by atoms with E-state index in [4.69, 9.17) is 21.3 Å². The maximum absolute atomic E-state index is 11.3. The van der Waals surface area contributed by atoms with Crippen LogP contribution in [0.1, 0.15) is 12.0 Å². The number of aliphatic imine (C=N–C) groups is 1. The first-order valence-corrected chi connectivity index (χ1v) is 7.29. The van der Waals surface area contributed by atoms with Gasteiger partial charge in [0, 0.05) is 43.2 Å². The summed E-state index contributed by atoms with van der Waals surface area (Å²) in [6.45, 7) is 0.763. The third kappa shape index (κ3) is 1.92. The van der Waals surface area contributed by atoms with Crippen molar-refractivity contribution in [3.8, 4) is 5.75 Å². The second-order valence-corrected chi connectivity index (χ2v) is 5.84. The third-order valence-electron chi connectivity index (χ3n) is 4.21. The van der Waals surface area contributed by atoms with Gasteiger partial charge in [0.2, 0.25) is 0 Å². The Morgan fingerprint density at radius 2 is 2.33 bits per heavy atom. The van der Waals surface area contributed by atoms with Gasteiger partial charge in [0.15, 0.2) is 0 Å². The molecular weight excluding hydrogens is 290 g/mol. The van der Waals surface area contributed by atoms with Crippen molar-refractivity contribution in [3.63, 3.8) is 0 Å². The molecule has 2 atom stereocenters. The summed E-state index contributed by atoms with van der Waals surface area (Å²) in [5.41, 5.74) is 1.79. The average molecular weight is 304 g/mol. The molecule has 0 aromatic heterocycles. The number of amidine groups is 1. The fourth-order valence-electron chi connectivity index (χ4n) is 3.20. The van der Waals surface area contributed by atoms with Crippen LogP contribution < -0.4 is 10.1 Å². The molecule has 0 spiro atoms. The lowest BCUT2D eigenvalue weighted by Crippen LogP contribution is -2.36. The van der Waals surface area contributed by atoms with Crippen LogP contribution in [0.15, 0.2) is 29.3 Å². The van der Waals surface area contributed by atoms with Gasteiger partial charge in [0.05, 0.1) is 10.7 Å². The van der Waals surface area contributed by atoms with E-state index in [1.54, 1.807) is 12.1 Å². The van der Waals surface area contributed by atoms with Gasteiger partial charge in [-0.1, -0.05) is 23.8 Å². The smallest absolute Gasteiger partial charge is 0.410 e. The average Bonchev–Trinajstić information content (AvgIpc) is 3.07. The summed E-state index contributed by atoms with van der Waals surface area (Å²) < 4.78 is 5.15. The summed E-state index contributed by atoms with van der Waals surface area (Å²) in [4.78, 5) is 18.4. The lowest BCUT2D eigenvalue weighted by Gasteiger charge is -2.32. The molecule has 2 unspecified atom stereocenters. The summed E-state index contributed by atoms with van der Waals surface area (Å²) >= 11 is 6.34. The predicted octanol–water partition coefficient (Wildman–Crippen LogP) is 2.86. The molecule has 1 N–H and O–H groups in total. The Morgan fingerprint density at radius 1 is 1.48 bits per heavy atom. The van der Waals surface area contributed by atoms with Crippen molar-refractivity contribution in [3.05, 3.63) is 34.9 Å². The molecule has 0 saturated carbocycles. The molecule has 1 aliphatic carbocycles. The molecule has 108 valence electrons. The van der Waals surface area contributed by atoms with Gasteiger partial charge in [-0.25, -0.2) is 9.79 Å². The molecule has 6 heteroatoms. The molecule has 2 heterocycles. The number of hydrogen-bond acceptors (Lipinski definition) is 4. The highest BCUT2D eigenvalue weighted by atomic mass is 35.5. The molecule has 3 aliphatic rings. The number of nitrogens with zero attached hydrogens (tertiary/aromatic N) is 2. The third-order valence-corrected chi connectivity index (χ3v) is 4.55. The van der Waals surface area contributed by atoms with E-state index in [9.17, 15) is 4.79 Å². The van der Waals surface area contributed by atoms with Gasteiger partial charge in [-0.15, -0.1) is 0 Å². The van der Waals surface area contributed by atoms with Crippen LogP contribution in [0.3, 0.4) is 0 Å². The maximum atomic E-state index is 11.3. The van der Waals surface area contributed by atoms with E-state index in [0.717, 1.165) is 30.1 Å². The Hall–Kier alpha value is -2.01. The minimum Gasteiger partial charge on any atom is -0.410 e. The van der Waals surface area contributed by atoms with Crippen LogP contribution in [0.2, 0.25) is 5.02 Å². The summed E-state index contributed by atoms with van der Waals surface area (Å²) in [5.74, 6) is 1.92. The van der Waals surface area contributed by atoms with Gasteiger partial charge in [-0.2, -0.15) is 0 Å². The zero-order valence-electron chi connectivity index (χ0n) is 11.5. The van der Waals surface area contributed by atoms with E-state index in [-0.39, 0.29) is 0 Å². The molecule has 1 saturated heterocycles. The number of fused-ring (bicyclic) bond motifs is 6. The highest BCUT2D eigenvalue weighted by Gasteiger charge is 2.41. The molecule has 0 radical (unpaired) electrons. The molecule has 1 aromatic carbocycles. The fraction of sp³-hybridized carbons (Fsp3) is 0.333. The zero-order chi connectivity index (χ0) is 14.6. The minimum absolute atomic E-state index is 0.408. The van der Waals surface area contributed by atoms with Gasteiger partial charge in [0.1, 0.15) is 11.6 Å². The van der Waals surface area contributed by atoms with Gasteiger partial charge in [-0.05, 0) is 6.42 Å². The number of carbonyl (C=O) groups excluding carboxylic acids is 1. The quantitative estimate of drug-likeness (QED) is 0.812. The van der Waals surface area contributed by atoms with Gasteiger partial charge in [0.25, 0.3) is 0 Å². The Morgan fingerprint density at radius 3 is 3.14 bits per heavy atom. The summed E-state index contributed by atoms with van der Waals surface area (Å²) in [6, 6.07) is 3.89. The first kappa shape index (κ1) is 12.7. The summed E-state index contributed by atoms with van der Waals surface area (Å²) in [6.07, 6.45) is 5.05. The van der Waals surface area contributed by atoms with E-state index >= 15 is 0 Å². The van der Waals surface area contributed by atoms with Crippen LogP contribution >= 0.6 is 11.6 Å². The largest absolute Gasteiger partial charge is 0.412 e. The van der Waals surface area contributed by atoms with Crippen LogP contribution in [-0.4, -0.2) is 29.9 Å². The highest BCUT2D eigenvalue weighted by molar-refractivity contribution is 6.32. The predicted molar refractivity (Wildman–Crippen MR) is 80.2 cm³/mol. The van der Waals surface area contributed by atoms with Crippen molar-refractivity contribution in [2.24, 2.45) is 10.9 Å². The van der Waals surface area contributed by atoms with Crippen molar-refractivity contribution in [2.45, 2.75) is 19.0 Å². The minimum atomic E-state index is -0.515. The first-order valence-electron chi connectivity index (χ1n) is 6.91. The molecule has 1 amide bonds. The van der Waals surface area contributed by atoms with Gasteiger partial charge >= 0.3 is 6.09 Å². The Bertz CT molecular complexity index is 698. The lowest BCUT2D eigenvalue weighted by molar-refractivity contribution is 0.203. The van der Waals surface area contributed by atoms with Crippen molar-refractivity contribution in [1.82, 2.24) is 10.2 Å².